The second-order valence-electron chi connectivity index (χ2n) is 8.43. The first kappa shape index (κ1) is 18.0. The van der Waals surface area contributed by atoms with Crippen LogP contribution in [0.15, 0.2) is 89.3 Å². The number of benzene rings is 4. The lowest BCUT2D eigenvalue weighted by Gasteiger charge is -2.23. The molecule has 1 aliphatic rings. The summed E-state index contributed by atoms with van der Waals surface area (Å²) in [7, 11) is 0. The van der Waals surface area contributed by atoms with Crippen molar-refractivity contribution in [2.24, 2.45) is 0 Å². The fourth-order valence-electron chi connectivity index (χ4n) is 4.89. The number of para-hydroxylation sites is 1. The van der Waals surface area contributed by atoms with Gasteiger partial charge in [-0.05, 0) is 52.6 Å². The van der Waals surface area contributed by atoms with E-state index >= 15 is 0 Å². The molecule has 4 aromatic carbocycles. The van der Waals surface area contributed by atoms with Crippen LogP contribution in [-0.2, 0) is 5.41 Å². The molecule has 0 unspecified atom stereocenters. The minimum absolute atomic E-state index is 0.0291. The Hall–Kier alpha value is -2.79. The number of rotatable bonds is 2. The highest BCUT2D eigenvalue weighted by Crippen LogP contribution is 2.50. The number of anilines is 2. The Balaban J connectivity index is 1.54. The van der Waals surface area contributed by atoms with Crippen molar-refractivity contribution in [3.63, 3.8) is 0 Å². The molecule has 0 aliphatic heterocycles. The van der Waals surface area contributed by atoms with Crippen molar-refractivity contribution in [1.29, 1.82) is 0 Å². The largest absolute Gasteiger partial charge is 0.456 e. The molecule has 0 fully saturated rings. The maximum absolute atomic E-state index is 6.10. The number of hydrogen-bond donors (Lipinski definition) is 0. The monoisotopic (exact) mass is 501 g/mol. The molecule has 3 heteroatoms. The standard InChI is InChI=1S/C27H20INO/c1-27(2)21-10-5-3-8-18(21)20-16-17(14-15-22(20)27)29(28)23-11-7-13-25-26(23)19-9-4-6-12-24(19)30-25/h3-16H,1-2H3. The van der Waals surface area contributed by atoms with Crippen LogP contribution in [0.2, 0.25) is 0 Å². The van der Waals surface area contributed by atoms with Crippen LogP contribution in [0.5, 0.6) is 0 Å². The lowest BCUT2D eigenvalue weighted by molar-refractivity contribution is 0.660. The number of nitrogens with zero attached hydrogens (tertiary/aromatic N) is 1. The molecule has 5 aromatic rings. The van der Waals surface area contributed by atoms with E-state index in [9.17, 15) is 0 Å². The molecule has 0 bridgehead atoms. The number of furan rings is 1. The van der Waals surface area contributed by atoms with Crippen LogP contribution < -0.4 is 3.11 Å². The molecule has 0 N–H and O–H groups in total. The van der Waals surface area contributed by atoms with Gasteiger partial charge in [0.25, 0.3) is 0 Å². The van der Waals surface area contributed by atoms with Crippen molar-refractivity contribution >= 4 is 56.2 Å². The molecule has 0 spiro atoms. The average molecular weight is 501 g/mol. The Morgan fingerprint density at radius 2 is 1.47 bits per heavy atom. The Morgan fingerprint density at radius 1 is 0.733 bits per heavy atom. The van der Waals surface area contributed by atoms with Crippen molar-refractivity contribution in [2.75, 3.05) is 3.11 Å². The van der Waals surface area contributed by atoms with Gasteiger partial charge in [-0.15, -0.1) is 0 Å². The quantitative estimate of drug-likeness (QED) is 0.179. The number of fused-ring (bicyclic) bond motifs is 6. The zero-order valence-electron chi connectivity index (χ0n) is 16.8. The maximum Gasteiger partial charge on any atom is 0.137 e. The highest BCUT2D eigenvalue weighted by atomic mass is 127. The second kappa shape index (κ2) is 6.35. The molecular formula is C27H20INO. The van der Waals surface area contributed by atoms with Crippen LogP contribution in [0.1, 0.15) is 25.0 Å². The van der Waals surface area contributed by atoms with Crippen LogP contribution in [-0.4, -0.2) is 0 Å². The van der Waals surface area contributed by atoms with E-state index in [1.165, 1.54) is 27.9 Å². The summed E-state index contributed by atoms with van der Waals surface area (Å²) in [6.07, 6.45) is 0. The lowest BCUT2D eigenvalue weighted by Crippen LogP contribution is -2.14. The fraction of sp³-hybridized carbons (Fsp3) is 0.111. The zero-order valence-corrected chi connectivity index (χ0v) is 19.0. The maximum atomic E-state index is 6.10. The third-order valence-corrected chi connectivity index (χ3v) is 7.46. The van der Waals surface area contributed by atoms with Crippen LogP contribution in [0.3, 0.4) is 0 Å². The van der Waals surface area contributed by atoms with E-state index < -0.39 is 0 Å². The molecule has 2 nitrogen and oxygen atoms in total. The van der Waals surface area contributed by atoms with Crippen molar-refractivity contribution in [2.45, 2.75) is 19.3 Å². The predicted octanol–water partition coefficient (Wildman–Crippen LogP) is 8.38. The first-order valence-electron chi connectivity index (χ1n) is 10.2. The van der Waals surface area contributed by atoms with Crippen molar-refractivity contribution in [3.8, 4) is 11.1 Å². The summed E-state index contributed by atoms with van der Waals surface area (Å²) in [5.74, 6) is 0. The van der Waals surface area contributed by atoms with E-state index in [0.29, 0.717) is 0 Å². The molecular weight excluding hydrogens is 481 g/mol. The van der Waals surface area contributed by atoms with Gasteiger partial charge in [0.2, 0.25) is 0 Å². The minimum Gasteiger partial charge on any atom is -0.456 e. The Labute approximate surface area is 189 Å². The third kappa shape index (κ3) is 2.42. The fourth-order valence-corrected chi connectivity index (χ4v) is 5.59. The van der Waals surface area contributed by atoms with Crippen LogP contribution in [0.4, 0.5) is 11.4 Å². The molecule has 0 saturated carbocycles. The summed E-state index contributed by atoms with van der Waals surface area (Å²) in [5.41, 5.74) is 9.65. The van der Waals surface area contributed by atoms with Gasteiger partial charge >= 0.3 is 0 Å². The van der Waals surface area contributed by atoms with Gasteiger partial charge in [-0.1, -0.05) is 68.4 Å². The van der Waals surface area contributed by atoms with Gasteiger partial charge in [0, 0.05) is 10.8 Å². The highest BCUT2D eigenvalue weighted by molar-refractivity contribution is 14.1. The van der Waals surface area contributed by atoms with Crippen molar-refractivity contribution in [3.05, 3.63) is 96.1 Å². The first-order chi connectivity index (χ1) is 14.6. The Bertz CT molecular complexity index is 1450. The SMILES string of the molecule is CC1(C)c2ccccc2-c2cc(N(I)c3cccc4oc5ccccc5c34)ccc21. The van der Waals surface area contributed by atoms with E-state index in [0.717, 1.165) is 27.6 Å². The van der Waals surface area contributed by atoms with E-state index in [1.807, 2.05) is 18.2 Å². The van der Waals surface area contributed by atoms with Gasteiger partial charge in [0.15, 0.2) is 0 Å². The zero-order chi connectivity index (χ0) is 20.5. The third-order valence-electron chi connectivity index (χ3n) is 6.39. The van der Waals surface area contributed by atoms with E-state index in [4.69, 9.17) is 4.42 Å². The van der Waals surface area contributed by atoms with Crippen LogP contribution >= 0.6 is 22.9 Å². The van der Waals surface area contributed by atoms with Crippen molar-refractivity contribution < 1.29 is 4.42 Å². The molecule has 6 rings (SSSR count). The summed E-state index contributed by atoms with van der Waals surface area (Å²) in [5, 5.41) is 2.31. The first-order valence-corrected chi connectivity index (χ1v) is 11.1. The van der Waals surface area contributed by atoms with Gasteiger partial charge in [-0.2, -0.15) is 0 Å². The van der Waals surface area contributed by atoms with Gasteiger partial charge in [-0.25, -0.2) is 0 Å². The molecule has 1 heterocycles. The van der Waals surface area contributed by atoms with E-state index in [2.05, 4.69) is 107 Å². The molecule has 1 aliphatic carbocycles. The highest BCUT2D eigenvalue weighted by Gasteiger charge is 2.35. The molecule has 0 amide bonds. The van der Waals surface area contributed by atoms with E-state index in [1.54, 1.807) is 0 Å². The predicted molar refractivity (Wildman–Crippen MR) is 134 cm³/mol. The molecule has 1 aromatic heterocycles. The minimum atomic E-state index is 0.0291. The Kier molecular flexibility index (Phi) is 3.81. The summed E-state index contributed by atoms with van der Waals surface area (Å²) in [6.45, 7) is 4.63. The number of hydrogen-bond acceptors (Lipinski definition) is 2. The molecule has 30 heavy (non-hydrogen) atoms. The van der Waals surface area contributed by atoms with Crippen LogP contribution in [0, 0.1) is 0 Å². The van der Waals surface area contributed by atoms with Crippen LogP contribution in [0.25, 0.3) is 33.1 Å². The molecule has 0 atom stereocenters. The molecule has 0 radical (unpaired) electrons. The summed E-state index contributed by atoms with van der Waals surface area (Å²) >= 11 is 2.42. The molecule has 146 valence electrons. The van der Waals surface area contributed by atoms with Gasteiger partial charge in [0.1, 0.15) is 11.2 Å². The van der Waals surface area contributed by atoms with Gasteiger partial charge in [-0.3, -0.25) is 3.11 Å². The van der Waals surface area contributed by atoms with Gasteiger partial charge in [0.05, 0.1) is 39.6 Å². The lowest BCUT2D eigenvalue weighted by atomic mass is 9.82. The topological polar surface area (TPSA) is 16.4 Å². The summed E-state index contributed by atoms with van der Waals surface area (Å²) < 4.78 is 8.34. The molecule has 0 saturated heterocycles. The summed E-state index contributed by atoms with van der Waals surface area (Å²) in [4.78, 5) is 0. The van der Waals surface area contributed by atoms with Gasteiger partial charge < -0.3 is 4.42 Å². The number of halogens is 1. The average Bonchev–Trinajstić information content (AvgIpc) is 3.26. The normalized spacial score (nSPS) is 14.1. The van der Waals surface area contributed by atoms with E-state index in [-0.39, 0.29) is 5.41 Å². The van der Waals surface area contributed by atoms with Crippen molar-refractivity contribution in [1.82, 2.24) is 0 Å². The summed E-state index contributed by atoms with van der Waals surface area (Å²) in [6, 6.07) is 30.2. The Morgan fingerprint density at radius 3 is 2.37 bits per heavy atom. The second-order valence-corrected chi connectivity index (χ2v) is 9.39. The smallest absolute Gasteiger partial charge is 0.137 e.